The highest BCUT2D eigenvalue weighted by atomic mass is 16.5. The lowest BCUT2D eigenvalue weighted by Gasteiger charge is -2.22. The SMILES string of the molecule is c1ccc(-c2cc(C3CNCCO3)[nH]n2)cc1. The van der Waals surface area contributed by atoms with E-state index in [0.29, 0.717) is 0 Å². The van der Waals surface area contributed by atoms with E-state index in [1.165, 1.54) is 0 Å². The van der Waals surface area contributed by atoms with Gasteiger partial charge in [0.15, 0.2) is 0 Å². The zero-order valence-electron chi connectivity index (χ0n) is 9.52. The average molecular weight is 229 g/mol. The van der Waals surface area contributed by atoms with Crippen LogP contribution in [0.4, 0.5) is 0 Å². The summed E-state index contributed by atoms with van der Waals surface area (Å²) in [6.07, 6.45) is 0.0914. The molecule has 88 valence electrons. The maximum atomic E-state index is 5.68. The molecule has 1 aromatic heterocycles. The minimum absolute atomic E-state index is 0.0914. The van der Waals surface area contributed by atoms with Crippen molar-refractivity contribution in [1.29, 1.82) is 0 Å². The van der Waals surface area contributed by atoms with Crippen molar-refractivity contribution >= 4 is 0 Å². The predicted molar refractivity (Wildman–Crippen MR) is 65.6 cm³/mol. The molecule has 1 unspecified atom stereocenters. The Balaban J connectivity index is 1.83. The predicted octanol–water partition coefficient (Wildman–Crippen LogP) is 1.74. The first-order valence-electron chi connectivity index (χ1n) is 5.86. The first kappa shape index (κ1) is 10.5. The van der Waals surface area contributed by atoms with Gasteiger partial charge in [-0.15, -0.1) is 0 Å². The Labute approximate surface area is 100 Å². The summed E-state index contributed by atoms with van der Waals surface area (Å²) in [5.41, 5.74) is 3.13. The second kappa shape index (κ2) is 4.69. The third-order valence-electron chi connectivity index (χ3n) is 2.94. The van der Waals surface area contributed by atoms with E-state index in [4.69, 9.17) is 4.74 Å². The summed E-state index contributed by atoms with van der Waals surface area (Å²) in [4.78, 5) is 0. The fourth-order valence-corrected chi connectivity index (χ4v) is 2.02. The lowest BCUT2D eigenvalue weighted by molar-refractivity contribution is 0.0250. The number of H-pyrrole nitrogens is 1. The van der Waals surface area contributed by atoms with E-state index in [-0.39, 0.29) is 6.10 Å². The number of ether oxygens (including phenoxy) is 1. The van der Waals surface area contributed by atoms with E-state index in [1.807, 2.05) is 18.2 Å². The van der Waals surface area contributed by atoms with Gasteiger partial charge in [-0.25, -0.2) is 0 Å². The number of rotatable bonds is 2. The molecule has 1 saturated heterocycles. The van der Waals surface area contributed by atoms with Gasteiger partial charge >= 0.3 is 0 Å². The van der Waals surface area contributed by atoms with E-state index in [9.17, 15) is 0 Å². The quantitative estimate of drug-likeness (QED) is 0.824. The molecule has 2 N–H and O–H groups in total. The van der Waals surface area contributed by atoms with Gasteiger partial charge in [0.25, 0.3) is 0 Å². The number of nitrogens with one attached hydrogen (secondary N) is 2. The van der Waals surface area contributed by atoms with E-state index < -0.39 is 0 Å². The molecule has 0 saturated carbocycles. The van der Waals surface area contributed by atoms with Crippen LogP contribution in [0.25, 0.3) is 11.3 Å². The maximum absolute atomic E-state index is 5.68. The van der Waals surface area contributed by atoms with E-state index >= 15 is 0 Å². The van der Waals surface area contributed by atoms with Crippen LogP contribution in [0, 0.1) is 0 Å². The highest BCUT2D eigenvalue weighted by Crippen LogP contribution is 2.22. The first-order valence-corrected chi connectivity index (χ1v) is 5.86. The number of nitrogens with zero attached hydrogens (tertiary/aromatic N) is 1. The summed E-state index contributed by atoms with van der Waals surface area (Å²) < 4.78 is 5.68. The van der Waals surface area contributed by atoms with Gasteiger partial charge in [0.1, 0.15) is 6.10 Å². The van der Waals surface area contributed by atoms with Gasteiger partial charge in [0, 0.05) is 18.7 Å². The molecule has 2 aromatic rings. The molecule has 0 aliphatic carbocycles. The first-order chi connectivity index (χ1) is 8.43. The second-order valence-electron chi connectivity index (χ2n) is 4.14. The van der Waals surface area contributed by atoms with Crippen LogP contribution in [0.2, 0.25) is 0 Å². The Kier molecular flexibility index (Phi) is 2.90. The Hall–Kier alpha value is -1.65. The summed E-state index contributed by atoms with van der Waals surface area (Å²) in [6, 6.07) is 12.2. The van der Waals surface area contributed by atoms with Crippen LogP contribution >= 0.6 is 0 Å². The van der Waals surface area contributed by atoms with Crippen LogP contribution < -0.4 is 5.32 Å². The van der Waals surface area contributed by atoms with Gasteiger partial charge in [-0.3, -0.25) is 5.10 Å². The molecule has 0 bridgehead atoms. The highest BCUT2D eigenvalue weighted by Gasteiger charge is 2.18. The number of aromatic amines is 1. The van der Waals surface area contributed by atoms with Crippen molar-refractivity contribution in [3.63, 3.8) is 0 Å². The van der Waals surface area contributed by atoms with Gasteiger partial charge in [-0.1, -0.05) is 30.3 Å². The molecule has 4 heteroatoms. The number of hydrogen-bond donors (Lipinski definition) is 2. The lowest BCUT2D eigenvalue weighted by atomic mass is 10.1. The topological polar surface area (TPSA) is 49.9 Å². The largest absolute Gasteiger partial charge is 0.369 e. The van der Waals surface area contributed by atoms with Gasteiger partial charge in [0.2, 0.25) is 0 Å². The fraction of sp³-hybridized carbons (Fsp3) is 0.308. The van der Waals surface area contributed by atoms with Crippen molar-refractivity contribution in [2.75, 3.05) is 19.7 Å². The van der Waals surface area contributed by atoms with Crippen molar-refractivity contribution in [2.24, 2.45) is 0 Å². The number of benzene rings is 1. The molecule has 1 fully saturated rings. The van der Waals surface area contributed by atoms with Crippen molar-refractivity contribution in [3.05, 3.63) is 42.1 Å². The van der Waals surface area contributed by atoms with Crippen LogP contribution in [-0.4, -0.2) is 29.9 Å². The number of aromatic nitrogens is 2. The minimum atomic E-state index is 0.0914. The van der Waals surface area contributed by atoms with Gasteiger partial charge in [-0.2, -0.15) is 5.10 Å². The average Bonchev–Trinajstić information content (AvgIpc) is 2.90. The normalized spacial score (nSPS) is 20.4. The smallest absolute Gasteiger partial charge is 0.111 e. The fourth-order valence-electron chi connectivity index (χ4n) is 2.02. The summed E-state index contributed by atoms with van der Waals surface area (Å²) in [5.74, 6) is 0. The second-order valence-corrected chi connectivity index (χ2v) is 4.14. The third kappa shape index (κ3) is 2.23. The van der Waals surface area contributed by atoms with E-state index in [1.54, 1.807) is 0 Å². The molecule has 3 rings (SSSR count). The molecular weight excluding hydrogens is 214 g/mol. The van der Waals surface area contributed by atoms with E-state index in [0.717, 1.165) is 36.6 Å². The standard InChI is InChI=1S/C13H15N3O/c1-2-4-10(5-3-1)11-8-12(16-15-11)13-9-14-6-7-17-13/h1-5,8,13-14H,6-7,9H2,(H,15,16). The highest BCUT2D eigenvalue weighted by molar-refractivity contribution is 5.59. The third-order valence-corrected chi connectivity index (χ3v) is 2.94. The van der Waals surface area contributed by atoms with Gasteiger partial charge < -0.3 is 10.1 Å². The zero-order chi connectivity index (χ0) is 11.5. The molecule has 0 amide bonds. The number of morpholine rings is 1. The number of hydrogen-bond acceptors (Lipinski definition) is 3. The van der Waals surface area contributed by atoms with Gasteiger partial charge in [0.05, 0.1) is 18.0 Å². The van der Waals surface area contributed by atoms with Crippen LogP contribution in [0.3, 0.4) is 0 Å². The summed E-state index contributed by atoms with van der Waals surface area (Å²) in [6.45, 7) is 2.52. The van der Waals surface area contributed by atoms with Crippen molar-refractivity contribution in [3.8, 4) is 11.3 Å². The van der Waals surface area contributed by atoms with Crippen LogP contribution in [0.1, 0.15) is 11.8 Å². The van der Waals surface area contributed by atoms with Crippen LogP contribution in [0.15, 0.2) is 36.4 Å². The molecule has 1 atom stereocenters. The summed E-state index contributed by atoms with van der Waals surface area (Å²) >= 11 is 0. The summed E-state index contributed by atoms with van der Waals surface area (Å²) in [5, 5.41) is 10.7. The molecule has 4 nitrogen and oxygen atoms in total. The molecule has 0 spiro atoms. The molecule has 17 heavy (non-hydrogen) atoms. The molecule has 1 aliphatic rings. The van der Waals surface area contributed by atoms with Crippen molar-refractivity contribution < 1.29 is 4.74 Å². The summed E-state index contributed by atoms with van der Waals surface area (Å²) in [7, 11) is 0. The molecule has 0 radical (unpaired) electrons. The van der Waals surface area contributed by atoms with Crippen molar-refractivity contribution in [2.45, 2.75) is 6.10 Å². The van der Waals surface area contributed by atoms with Crippen LogP contribution in [0.5, 0.6) is 0 Å². The monoisotopic (exact) mass is 229 g/mol. The lowest BCUT2D eigenvalue weighted by Crippen LogP contribution is -2.33. The van der Waals surface area contributed by atoms with Crippen molar-refractivity contribution in [1.82, 2.24) is 15.5 Å². The Morgan fingerprint density at radius 3 is 2.88 bits per heavy atom. The van der Waals surface area contributed by atoms with E-state index in [2.05, 4.69) is 33.7 Å². The molecule has 2 heterocycles. The molecule has 1 aliphatic heterocycles. The van der Waals surface area contributed by atoms with Crippen LogP contribution in [-0.2, 0) is 4.74 Å². The molecule has 1 aromatic carbocycles. The minimum Gasteiger partial charge on any atom is -0.369 e. The Morgan fingerprint density at radius 2 is 2.12 bits per heavy atom. The zero-order valence-corrected chi connectivity index (χ0v) is 9.52. The van der Waals surface area contributed by atoms with Gasteiger partial charge in [-0.05, 0) is 6.07 Å². The Bertz CT molecular complexity index is 474. The molecular formula is C13H15N3O. The Morgan fingerprint density at radius 1 is 1.24 bits per heavy atom. The maximum Gasteiger partial charge on any atom is 0.111 e.